The molecule has 0 bridgehead atoms. The predicted molar refractivity (Wildman–Crippen MR) is 71.6 cm³/mol. The van der Waals surface area contributed by atoms with Gasteiger partial charge in [0.15, 0.2) is 0 Å². The molecule has 0 aliphatic heterocycles. The fourth-order valence-corrected chi connectivity index (χ4v) is 1.31. The van der Waals surface area contributed by atoms with Crippen molar-refractivity contribution < 1.29 is 4.79 Å². The molecule has 0 aromatic carbocycles. The minimum Gasteiger partial charge on any atom is -0.388 e. The van der Waals surface area contributed by atoms with Gasteiger partial charge in [-0.05, 0) is 26.0 Å². The lowest BCUT2D eigenvalue weighted by atomic mass is 9.92. The molecule has 0 atom stereocenters. The fourth-order valence-electron chi connectivity index (χ4n) is 1.15. The first-order valence-electron chi connectivity index (χ1n) is 5.13. The van der Waals surface area contributed by atoms with E-state index in [-0.39, 0.29) is 10.9 Å². The van der Waals surface area contributed by atoms with Crippen LogP contribution < -0.4 is 16.8 Å². The molecule has 0 fully saturated rings. The van der Waals surface area contributed by atoms with Crippen LogP contribution in [0.1, 0.15) is 19.5 Å². The Morgan fingerprint density at radius 1 is 1.53 bits per heavy atom. The minimum atomic E-state index is -0.649. The number of nitrogens with one attached hydrogen (secondary N) is 1. The molecule has 92 valence electrons. The number of aromatic nitrogens is 1. The molecule has 0 saturated heterocycles. The fraction of sp³-hybridized carbons (Fsp3) is 0.364. The molecular formula is C11H16N4OS. The molecule has 0 aliphatic rings. The van der Waals surface area contributed by atoms with Crippen molar-refractivity contribution in [3.63, 3.8) is 0 Å². The normalized spacial score (nSPS) is 10.9. The third-order valence-electron chi connectivity index (χ3n) is 2.43. The number of primary amides is 1. The van der Waals surface area contributed by atoms with Gasteiger partial charge in [0.25, 0.3) is 0 Å². The zero-order chi connectivity index (χ0) is 13.1. The maximum Gasteiger partial charge on any atom is 0.224 e. The van der Waals surface area contributed by atoms with Crippen LogP contribution >= 0.6 is 12.2 Å². The summed E-state index contributed by atoms with van der Waals surface area (Å²) in [4.78, 5) is 15.5. The SMILES string of the molecule is CC(C)(CNc1cccnc1C(N)=S)C(N)=O. The number of anilines is 1. The van der Waals surface area contributed by atoms with Crippen molar-refractivity contribution in [3.8, 4) is 0 Å². The van der Waals surface area contributed by atoms with Crippen LogP contribution in [0.25, 0.3) is 0 Å². The highest BCUT2D eigenvalue weighted by atomic mass is 32.1. The van der Waals surface area contributed by atoms with E-state index in [4.69, 9.17) is 23.7 Å². The summed E-state index contributed by atoms with van der Waals surface area (Å²) in [5.41, 5.74) is 11.4. The van der Waals surface area contributed by atoms with Crippen molar-refractivity contribution in [2.24, 2.45) is 16.9 Å². The van der Waals surface area contributed by atoms with Crippen LogP contribution in [-0.4, -0.2) is 22.4 Å². The maximum atomic E-state index is 11.2. The number of rotatable bonds is 5. The van der Waals surface area contributed by atoms with Crippen LogP contribution in [0.5, 0.6) is 0 Å². The van der Waals surface area contributed by atoms with Gasteiger partial charge >= 0.3 is 0 Å². The minimum absolute atomic E-state index is 0.213. The molecule has 1 aromatic heterocycles. The molecule has 1 heterocycles. The number of pyridine rings is 1. The second-order valence-corrected chi connectivity index (χ2v) is 4.81. The van der Waals surface area contributed by atoms with Crippen LogP contribution in [0.4, 0.5) is 5.69 Å². The molecule has 5 N–H and O–H groups in total. The maximum absolute atomic E-state index is 11.2. The van der Waals surface area contributed by atoms with Gasteiger partial charge in [-0.25, -0.2) is 0 Å². The number of carbonyl (C=O) groups excluding carboxylic acids is 1. The summed E-state index contributed by atoms with van der Waals surface area (Å²) in [5.74, 6) is -0.370. The second kappa shape index (κ2) is 5.09. The average Bonchev–Trinajstić information content (AvgIpc) is 2.26. The Morgan fingerprint density at radius 2 is 2.18 bits per heavy atom. The first-order valence-corrected chi connectivity index (χ1v) is 5.54. The molecule has 1 rings (SSSR count). The zero-order valence-corrected chi connectivity index (χ0v) is 10.7. The zero-order valence-electron chi connectivity index (χ0n) is 9.86. The number of carbonyl (C=O) groups is 1. The van der Waals surface area contributed by atoms with Gasteiger partial charge in [-0.2, -0.15) is 0 Å². The Kier molecular flexibility index (Phi) is 4.01. The highest BCUT2D eigenvalue weighted by molar-refractivity contribution is 7.80. The summed E-state index contributed by atoms with van der Waals surface area (Å²) in [6.45, 7) is 3.92. The first kappa shape index (κ1) is 13.4. The largest absolute Gasteiger partial charge is 0.388 e. The van der Waals surface area contributed by atoms with E-state index in [9.17, 15) is 4.79 Å². The van der Waals surface area contributed by atoms with Crippen LogP contribution in [0.15, 0.2) is 18.3 Å². The number of hydrogen-bond acceptors (Lipinski definition) is 4. The molecular weight excluding hydrogens is 236 g/mol. The van der Waals surface area contributed by atoms with Crippen molar-refractivity contribution in [2.75, 3.05) is 11.9 Å². The van der Waals surface area contributed by atoms with Gasteiger partial charge in [-0.3, -0.25) is 9.78 Å². The molecule has 6 heteroatoms. The lowest BCUT2D eigenvalue weighted by Crippen LogP contribution is -2.37. The number of hydrogen-bond donors (Lipinski definition) is 3. The van der Waals surface area contributed by atoms with E-state index in [0.29, 0.717) is 17.9 Å². The molecule has 1 amide bonds. The van der Waals surface area contributed by atoms with Crippen LogP contribution in [0.2, 0.25) is 0 Å². The van der Waals surface area contributed by atoms with Crippen LogP contribution in [-0.2, 0) is 4.79 Å². The summed E-state index contributed by atoms with van der Waals surface area (Å²) >= 11 is 4.89. The molecule has 5 nitrogen and oxygen atoms in total. The highest BCUT2D eigenvalue weighted by Gasteiger charge is 2.24. The highest BCUT2D eigenvalue weighted by Crippen LogP contribution is 2.18. The predicted octanol–water partition coefficient (Wildman–Crippen LogP) is 0.639. The second-order valence-electron chi connectivity index (χ2n) is 4.37. The molecule has 1 aromatic rings. The van der Waals surface area contributed by atoms with Gasteiger partial charge in [0.1, 0.15) is 10.7 Å². The third kappa shape index (κ3) is 3.39. The lowest BCUT2D eigenvalue weighted by molar-refractivity contribution is -0.125. The Bertz CT molecular complexity index is 445. The van der Waals surface area contributed by atoms with E-state index >= 15 is 0 Å². The number of amides is 1. The average molecular weight is 252 g/mol. The van der Waals surface area contributed by atoms with Crippen molar-refractivity contribution >= 4 is 28.8 Å². The van der Waals surface area contributed by atoms with E-state index < -0.39 is 5.41 Å². The first-order chi connectivity index (χ1) is 7.84. The van der Waals surface area contributed by atoms with Gasteiger partial charge in [-0.15, -0.1) is 0 Å². The topological polar surface area (TPSA) is 94.0 Å². The smallest absolute Gasteiger partial charge is 0.224 e. The van der Waals surface area contributed by atoms with E-state index in [1.165, 1.54) is 0 Å². The van der Waals surface area contributed by atoms with Crippen molar-refractivity contribution in [1.82, 2.24) is 4.98 Å². The van der Waals surface area contributed by atoms with E-state index in [0.717, 1.165) is 0 Å². The van der Waals surface area contributed by atoms with Gasteiger partial charge in [0, 0.05) is 12.7 Å². The number of nitrogens with two attached hydrogens (primary N) is 2. The third-order valence-corrected chi connectivity index (χ3v) is 2.62. The Labute approximate surface area is 106 Å². The van der Waals surface area contributed by atoms with Gasteiger partial charge in [0.05, 0.1) is 11.1 Å². The number of thiocarbonyl (C=S) groups is 1. The summed E-state index contributed by atoms with van der Waals surface area (Å²) < 4.78 is 0. The van der Waals surface area contributed by atoms with Crippen molar-refractivity contribution in [1.29, 1.82) is 0 Å². The van der Waals surface area contributed by atoms with Gasteiger partial charge in [-0.1, -0.05) is 12.2 Å². The quantitative estimate of drug-likeness (QED) is 0.669. The molecule has 0 unspecified atom stereocenters. The summed E-state index contributed by atoms with van der Waals surface area (Å²) in [6, 6.07) is 3.57. The standard InChI is InChI=1S/C11H16N4OS/c1-11(2,10(13)16)6-15-7-4-3-5-14-8(7)9(12)17/h3-5,15H,6H2,1-2H3,(H2,12,17)(H2,13,16). The summed E-state index contributed by atoms with van der Waals surface area (Å²) in [6.07, 6.45) is 1.61. The Balaban J connectivity index is 2.83. The Morgan fingerprint density at radius 3 is 2.71 bits per heavy atom. The monoisotopic (exact) mass is 252 g/mol. The van der Waals surface area contributed by atoms with E-state index in [1.54, 1.807) is 32.2 Å². The van der Waals surface area contributed by atoms with E-state index in [1.807, 2.05) is 0 Å². The van der Waals surface area contributed by atoms with Crippen LogP contribution in [0, 0.1) is 5.41 Å². The van der Waals surface area contributed by atoms with Crippen LogP contribution in [0.3, 0.4) is 0 Å². The van der Waals surface area contributed by atoms with Gasteiger partial charge in [0.2, 0.25) is 5.91 Å². The number of nitrogens with zero attached hydrogens (tertiary/aromatic N) is 1. The summed E-state index contributed by atoms with van der Waals surface area (Å²) in [7, 11) is 0. The van der Waals surface area contributed by atoms with Crippen molar-refractivity contribution in [2.45, 2.75) is 13.8 Å². The molecule has 17 heavy (non-hydrogen) atoms. The Hall–Kier alpha value is -1.69. The van der Waals surface area contributed by atoms with Gasteiger partial charge < -0.3 is 16.8 Å². The summed E-state index contributed by atoms with van der Waals surface area (Å²) in [5, 5.41) is 3.09. The van der Waals surface area contributed by atoms with Crippen molar-refractivity contribution in [3.05, 3.63) is 24.0 Å². The lowest BCUT2D eigenvalue weighted by Gasteiger charge is -2.22. The molecule has 0 saturated carbocycles. The molecule has 0 spiro atoms. The van der Waals surface area contributed by atoms with E-state index in [2.05, 4.69) is 10.3 Å². The molecule has 0 aliphatic carbocycles. The molecule has 0 radical (unpaired) electrons.